The van der Waals surface area contributed by atoms with Gasteiger partial charge in [0.05, 0.1) is 31.5 Å². The fourth-order valence-corrected chi connectivity index (χ4v) is 2.49. The Morgan fingerprint density at radius 3 is 2.00 bits per heavy atom. The molecule has 22 heavy (non-hydrogen) atoms. The molecular weight excluding hydrogens is 372 g/mol. The van der Waals surface area contributed by atoms with Gasteiger partial charge in [0, 0.05) is 5.69 Å². The summed E-state index contributed by atoms with van der Waals surface area (Å²) >= 11 is 9.19. The van der Waals surface area contributed by atoms with Crippen molar-refractivity contribution in [3.63, 3.8) is 0 Å². The number of hydrogen-bond acceptors (Lipinski definition) is 5. The average molecular weight is 390 g/mol. The zero-order chi connectivity index (χ0) is 16.7. The summed E-state index contributed by atoms with van der Waals surface area (Å²) in [7, 11) is 4.67. The van der Waals surface area contributed by atoms with Crippen LogP contribution in [0, 0.1) is 0 Å². The molecule has 0 saturated carbocycles. The van der Waals surface area contributed by atoms with Gasteiger partial charge in [0.2, 0.25) is 0 Å². The molecule has 0 aliphatic rings. The van der Waals surface area contributed by atoms with Crippen molar-refractivity contribution < 1.29 is 14.2 Å². The SMILES string of the molecule is COc1ccc(N)c(OC)c1Cl.COc1ccc(N)cc1Br. The summed E-state index contributed by atoms with van der Waals surface area (Å²) in [5.74, 6) is 1.81. The number of ether oxygens (including phenoxy) is 3. The number of benzene rings is 2. The molecule has 0 fully saturated rings. The van der Waals surface area contributed by atoms with Crippen LogP contribution in [-0.4, -0.2) is 21.3 Å². The van der Waals surface area contributed by atoms with Crippen LogP contribution in [0.3, 0.4) is 0 Å². The highest BCUT2D eigenvalue weighted by Gasteiger charge is 2.09. The van der Waals surface area contributed by atoms with E-state index in [1.54, 1.807) is 31.4 Å². The van der Waals surface area contributed by atoms with Crippen LogP contribution in [0.15, 0.2) is 34.8 Å². The molecule has 0 heterocycles. The third kappa shape index (κ3) is 4.61. The Morgan fingerprint density at radius 1 is 0.909 bits per heavy atom. The Labute approximate surface area is 143 Å². The van der Waals surface area contributed by atoms with E-state index in [1.807, 2.05) is 6.07 Å². The normalized spacial score (nSPS) is 9.50. The summed E-state index contributed by atoms with van der Waals surface area (Å²) in [5, 5.41) is 0.403. The van der Waals surface area contributed by atoms with Crippen molar-refractivity contribution in [3.05, 3.63) is 39.8 Å². The second kappa shape index (κ2) is 8.60. The molecule has 5 nitrogen and oxygen atoms in total. The number of halogens is 2. The highest BCUT2D eigenvalue weighted by atomic mass is 79.9. The van der Waals surface area contributed by atoms with E-state index >= 15 is 0 Å². The van der Waals surface area contributed by atoms with E-state index in [1.165, 1.54) is 14.2 Å². The van der Waals surface area contributed by atoms with Crippen LogP contribution < -0.4 is 25.7 Å². The van der Waals surface area contributed by atoms with Crippen LogP contribution in [0.1, 0.15) is 0 Å². The second-order valence-corrected chi connectivity index (χ2v) is 5.33. The molecule has 120 valence electrons. The summed E-state index contributed by atoms with van der Waals surface area (Å²) in [6, 6.07) is 8.80. The van der Waals surface area contributed by atoms with Gasteiger partial charge in [-0.2, -0.15) is 0 Å². The lowest BCUT2D eigenvalue weighted by Crippen LogP contribution is -1.94. The van der Waals surface area contributed by atoms with E-state index in [0.29, 0.717) is 22.2 Å². The molecule has 0 aliphatic heterocycles. The molecule has 0 aliphatic carbocycles. The van der Waals surface area contributed by atoms with Gasteiger partial charge >= 0.3 is 0 Å². The first-order valence-electron chi connectivity index (χ1n) is 6.19. The zero-order valence-corrected chi connectivity index (χ0v) is 14.9. The predicted octanol–water partition coefficient (Wildman–Crippen LogP) is 3.98. The van der Waals surface area contributed by atoms with Gasteiger partial charge in [0.15, 0.2) is 5.75 Å². The smallest absolute Gasteiger partial charge is 0.164 e. The third-order valence-electron chi connectivity index (χ3n) is 2.69. The Balaban J connectivity index is 0.000000224. The van der Waals surface area contributed by atoms with Crippen molar-refractivity contribution >= 4 is 38.9 Å². The van der Waals surface area contributed by atoms with Crippen molar-refractivity contribution in [1.82, 2.24) is 0 Å². The second-order valence-electron chi connectivity index (χ2n) is 4.10. The monoisotopic (exact) mass is 388 g/mol. The highest BCUT2D eigenvalue weighted by Crippen LogP contribution is 2.37. The van der Waals surface area contributed by atoms with E-state index in [4.69, 9.17) is 37.3 Å². The molecule has 0 bridgehead atoms. The molecule has 7 heteroatoms. The predicted molar refractivity (Wildman–Crippen MR) is 94.1 cm³/mol. The summed E-state index contributed by atoms with van der Waals surface area (Å²) < 4.78 is 15.8. The fraction of sp³-hybridized carbons (Fsp3) is 0.200. The van der Waals surface area contributed by atoms with E-state index < -0.39 is 0 Å². The first-order chi connectivity index (χ1) is 10.4. The molecule has 0 saturated heterocycles. The van der Waals surface area contributed by atoms with Crippen molar-refractivity contribution in [2.75, 3.05) is 32.8 Å². The van der Waals surface area contributed by atoms with Gasteiger partial charge in [0.1, 0.15) is 16.5 Å². The lowest BCUT2D eigenvalue weighted by molar-refractivity contribution is 0.396. The van der Waals surface area contributed by atoms with Crippen LogP contribution in [0.2, 0.25) is 5.02 Å². The largest absolute Gasteiger partial charge is 0.496 e. The van der Waals surface area contributed by atoms with Crippen LogP contribution in [0.5, 0.6) is 17.2 Å². The molecule has 0 atom stereocenters. The Kier molecular flexibility index (Phi) is 7.14. The van der Waals surface area contributed by atoms with Crippen molar-refractivity contribution in [3.8, 4) is 17.2 Å². The molecule has 0 spiro atoms. The van der Waals surface area contributed by atoms with E-state index in [2.05, 4.69) is 15.9 Å². The minimum absolute atomic E-state index is 0.403. The number of nitrogen functional groups attached to an aromatic ring is 2. The van der Waals surface area contributed by atoms with Gasteiger partial charge in [-0.3, -0.25) is 0 Å². The first kappa shape index (κ1) is 18.3. The molecule has 2 aromatic carbocycles. The summed E-state index contributed by atoms with van der Waals surface area (Å²) in [6.07, 6.45) is 0. The molecule has 4 N–H and O–H groups in total. The Morgan fingerprint density at radius 2 is 1.50 bits per heavy atom. The first-order valence-corrected chi connectivity index (χ1v) is 7.36. The summed E-state index contributed by atoms with van der Waals surface area (Å²) in [6.45, 7) is 0. The van der Waals surface area contributed by atoms with Crippen molar-refractivity contribution in [2.24, 2.45) is 0 Å². The summed E-state index contributed by atoms with van der Waals surface area (Å²) in [4.78, 5) is 0. The van der Waals surface area contributed by atoms with Crippen LogP contribution in [-0.2, 0) is 0 Å². The van der Waals surface area contributed by atoms with E-state index in [9.17, 15) is 0 Å². The maximum absolute atomic E-state index is 5.88. The Hall–Kier alpha value is -1.79. The number of methoxy groups -OCH3 is 3. The van der Waals surface area contributed by atoms with Gasteiger partial charge in [-0.25, -0.2) is 0 Å². The lowest BCUT2D eigenvalue weighted by Gasteiger charge is -2.09. The maximum atomic E-state index is 5.88. The minimum Gasteiger partial charge on any atom is -0.496 e. The van der Waals surface area contributed by atoms with Crippen molar-refractivity contribution in [2.45, 2.75) is 0 Å². The molecule has 2 rings (SSSR count). The van der Waals surface area contributed by atoms with E-state index in [-0.39, 0.29) is 0 Å². The highest BCUT2D eigenvalue weighted by molar-refractivity contribution is 9.10. The van der Waals surface area contributed by atoms with Gasteiger partial charge in [0.25, 0.3) is 0 Å². The molecule has 0 amide bonds. The molecule has 0 unspecified atom stereocenters. The molecule has 0 aromatic heterocycles. The molecule has 0 radical (unpaired) electrons. The fourth-order valence-electron chi connectivity index (χ4n) is 1.60. The average Bonchev–Trinajstić information content (AvgIpc) is 2.49. The Bertz CT molecular complexity index is 638. The zero-order valence-electron chi connectivity index (χ0n) is 12.5. The number of nitrogens with two attached hydrogens (primary N) is 2. The summed E-state index contributed by atoms with van der Waals surface area (Å²) in [5.41, 5.74) is 12.3. The maximum Gasteiger partial charge on any atom is 0.164 e. The van der Waals surface area contributed by atoms with Crippen LogP contribution in [0.25, 0.3) is 0 Å². The quantitative estimate of drug-likeness (QED) is 0.776. The molecule has 2 aromatic rings. The number of hydrogen-bond donors (Lipinski definition) is 2. The third-order valence-corrected chi connectivity index (χ3v) is 3.67. The number of rotatable bonds is 3. The number of anilines is 2. The van der Waals surface area contributed by atoms with E-state index in [0.717, 1.165) is 15.9 Å². The van der Waals surface area contributed by atoms with Crippen LogP contribution in [0.4, 0.5) is 11.4 Å². The topological polar surface area (TPSA) is 79.7 Å². The van der Waals surface area contributed by atoms with Gasteiger partial charge < -0.3 is 25.7 Å². The van der Waals surface area contributed by atoms with Gasteiger partial charge in [-0.15, -0.1) is 0 Å². The van der Waals surface area contributed by atoms with Gasteiger partial charge in [-0.05, 0) is 46.3 Å². The van der Waals surface area contributed by atoms with Crippen LogP contribution >= 0.6 is 27.5 Å². The van der Waals surface area contributed by atoms with Crippen molar-refractivity contribution in [1.29, 1.82) is 0 Å². The van der Waals surface area contributed by atoms with Gasteiger partial charge in [-0.1, -0.05) is 11.6 Å². The molecular formula is C15H18BrClN2O3. The standard InChI is InChI=1S/C8H10ClNO2.C7H8BrNO/c1-11-6-4-3-5(10)8(12-2)7(6)9;1-10-7-3-2-5(9)4-6(7)8/h3-4H,10H2,1-2H3;2-4H,9H2,1H3. The lowest BCUT2D eigenvalue weighted by atomic mass is 10.3. The minimum atomic E-state index is 0.403.